The van der Waals surface area contributed by atoms with Crippen molar-refractivity contribution in [1.29, 1.82) is 0 Å². The number of pyridine rings is 1. The van der Waals surface area contributed by atoms with Crippen LogP contribution < -0.4 is 0 Å². The molecule has 2 saturated heterocycles. The van der Waals surface area contributed by atoms with Crippen molar-refractivity contribution in [3.8, 4) is 0 Å². The molecule has 0 N–H and O–H groups in total. The Morgan fingerprint density at radius 3 is 2.88 bits per heavy atom. The molecule has 1 atom stereocenters. The number of likely N-dealkylation sites (N-methyl/N-ethyl adjacent to an activating group) is 1. The van der Waals surface area contributed by atoms with Crippen molar-refractivity contribution >= 4 is 27.7 Å². The minimum Gasteiger partial charge on any atom is -0.367 e. The number of thioether (sulfide) groups is 1. The summed E-state index contributed by atoms with van der Waals surface area (Å²) in [4.78, 5) is 17.2. The van der Waals surface area contributed by atoms with Crippen molar-refractivity contribution in [3.63, 3.8) is 0 Å². The zero-order chi connectivity index (χ0) is 17.4. The minimum atomic E-state index is -3.46. The fourth-order valence-electron chi connectivity index (χ4n) is 2.86. The van der Waals surface area contributed by atoms with Crippen LogP contribution in [0.5, 0.6) is 0 Å². The Labute approximate surface area is 146 Å². The summed E-state index contributed by atoms with van der Waals surface area (Å²) in [5, 5.41) is 0. The summed E-state index contributed by atoms with van der Waals surface area (Å²) in [5.41, 5.74) is 0. The van der Waals surface area contributed by atoms with Crippen molar-refractivity contribution < 1.29 is 17.9 Å². The maximum Gasteiger partial charge on any atom is 0.248 e. The van der Waals surface area contributed by atoms with Crippen LogP contribution in [0.1, 0.15) is 6.42 Å². The molecule has 0 radical (unpaired) electrons. The summed E-state index contributed by atoms with van der Waals surface area (Å²) >= 11 is 1.74. The number of carbonyl (C=O) groups excluding carboxylic acids is 1. The molecule has 7 nitrogen and oxygen atoms in total. The van der Waals surface area contributed by atoms with Gasteiger partial charge in [0.2, 0.25) is 15.9 Å². The van der Waals surface area contributed by atoms with E-state index in [1.807, 2.05) is 0 Å². The van der Waals surface area contributed by atoms with Crippen LogP contribution in [-0.4, -0.2) is 78.9 Å². The Morgan fingerprint density at radius 1 is 1.50 bits per heavy atom. The molecule has 2 fully saturated rings. The number of amides is 1. The van der Waals surface area contributed by atoms with Gasteiger partial charge < -0.3 is 9.64 Å². The molecule has 9 heteroatoms. The van der Waals surface area contributed by atoms with E-state index in [9.17, 15) is 13.2 Å². The third-order valence-electron chi connectivity index (χ3n) is 4.32. The molecule has 1 amide bonds. The van der Waals surface area contributed by atoms with Gasteiger partial charge in [0, 0.05) is 50.1 Å². The van der Waals surface area contributed by atoms with Gasteiger partial charge in [-0.25, -0.2) is 8.42 Å². The van der Waals surface area contributed by atoms with E-state index < -0.39 is 10.0 Å². The quantitative estimate of drug-likeness (QED) is 0.747. The summed E-state index contributed by atoms with van der Waals surface area (Å²) in [7, 11) is -0.0680. The first-order chi connectivity index (χ1) is 11.3. The molecule has 0 aromatic carbocycles. The normalized spacial score (nSPS) is 23.2. The van der Waals surface area contributed by atoms with Crippen LogP contribution in [0.15, 0.2) is 29.4 Å². The number of ether oxygens (including phenoxy) is 1. The molecule has 0 unspecified atom stereocenters. The van der Waals surface area contributed by atoms with Crippen LogP contribution >= 0.6 is 11.8 Å². The highest BCUT2D eigenvalue weighted by molar-refractivity contribution is 8.01. The highest BCUT2D eigenvalue weighted by Gasteiger charge is 2.53. The van der Waals surface area contributed by atoms with Gasteiger partial charge in [-0.3, -0.25) is 9.78 Å². The standard InChI is InChI=1S/C15H21N3O4S2/c1-17(2)14(19)8-22-12-6-15(23-9-12)10-18(11-15)24(20,21)13-4-3-5-16-7-13/h3-5,7,12H,6,8-11H2,1-2H3/t12-/m0/s1. The zero-order valence-corrected chi connectivity index (χ0v) is 15.3. The predicted molar refractivity (Wildman–Crippen MR) is 91.2 cm³/mol. The van der Waals surface area contributed by atoms with E-state index in [0.717, 1.165) is 12.2 Å². The molecule has 24 heavy (non-hydrogen) atoms. The van der Waals surface area contributed by atoms with E-state index in [1.165, 1.54) is 15.4 Å². The van der Waals surface area contributed by atoms with E-state index in [1.54, 1.807) is 44.2 Å². The number of sulfonamides is 1. The maximum atomic E-state index is 12.5. The average molecular weight is 371 g/mol. The molecule has 1 spiro atoms. The van der Waals surface area contributed by atoms with Gasteiger partial charge in [0.05, 0.1) is 6.10 Å². The first-order valence-corrected chi connectivity index (χ1v) is 10.1. The molecular formula is C15H21N3O4S2. The monoisotopic (exact) mass is 371 g/mol. The molecule has 0 saturated carbocycles. The maximum absolute atomic E-state index is 12.5. The number of hydrogen-bond acceptors (Lipinski definition) is 6. The SMILES string of the molecule is CN(C)C(=O)CO[C@@H]1CSC2(C1)CN(S(=O)(=O)c1cccnc1)C2. The molecule has 1 aromatic rings. The van der Waals surface area contributed by atoms with E-state index >= 15 is 0 Å². The van der Waals surface area contributed by atoms with E-state index in [0.29, 0.717) is 13.1 Å². The van der Waals surface area contributed by atoms with Gasteiger partial charge in [-0.2, -0.15) is 4.31 Å². The molecule has 1 aromatic heterocycles. The summed E-state index contributed by atoms with van der Waals surface area (Å²) in [6.45, 7) is 1.04. The molecule has 132 valence electrons. The Kier molecular flexibility index (Phi) is 4.87. The van der Waals surface area contributed by atoms with Crippen LogP contribution in [0.3, 0.4) is 0 Å². The van der Waals surface area contributed by atoms with Crippen LogP contribution in [-0.2, 0) is 19.6 Å². The van der Waals surface area contributed by atoms with Crippen molar-refractivity contribution in [2.75, 3.05) is 39.5 Å². The Hall–Kier alpha value is -1.16. The lowest BCUT2D eigenvalue weighted by Gasteiger charge is -2.46. The Morgan fingerprint density at radius 2 is 2.25 bits per heavy atom. The summed E-state index contributed by atoms with van der Waals surface area (Å²) in [6.07, 6.45) is 3.71. The summed E-state index contributed by atoms with van der Waals surface area (Å²) in [5.74, 6) is 0.733. The second kappa shape index (κ2) is 6.62. The molecule has 2 aliphatic rings. The fourth-order valence-corrected chi connectivity index (χ4v) is 6.16. The van der Waals surface area contributed by atoms with Crippen LogP contribution in [0.2, 0.25) is 0 Å². The van der Waals surface area contributed by atoms with Gasteiger partial charge in [-0.1, -0.05) is 0 Å². The van der Waals surface area contributed by atoms with Gasteiger partial charge in [-0.15, -0.1) is 11.8 Å². The lowest BCUT2D eigenvalue weighted by atomic mass is 9.95. The first kappa shape index (κ1) is 17.7. The van der Waals surface area contributed by atoms with Crippen molar-refractivity contribution in [2.45, 2.75) is 22.2 Å². The second-order valence-corrected chi connectivity index (χ2v) is 9.81. The molecule has 0 aliphatic carbocycles. The zero-order valence-electron chi connectivity index (χ0n) is 13.7. The molecule has 3 rings (SSSR count). The topological polar surface area (TPSA) is 79.8 Å². The van der Waals surface area contributed by atoms with E-state index in [4.69, 9.17) is 4.74 Å². The summed E-state index contributed by atoms with van der Waals surface area (Å²) in [6, 6.07) is 3.19. The highest BCUT2D eigenvalue weighted by Crippen LogP contribution is 2.47. The van der Waals surface area contributed by atoms with E-state index in [-0.39, 0.29) is 28.3 Å². The molecule has 2 aliphatic heterocycles. The molecular weight excluding hydrogens is 350 g/mol. The van der Waals surface area contributed by atoms with Gasteiger partial charge >= 0.3 is 0 Å². The fraction of sp³-hybridized carbons (Fsp3) is 0.600. The number of hydrogen-bond donors (Lipinski definition) is 0. The third kappa shape index (κ3) is 3.44. The van der Waals surface area contributed by atoms with Crippen molar-refractivity contribution in [3.05, 3.63) is 24.5 Å². The smallest absolute Gasteiger partial charge is 0.248 e. The molecule has 0 bridgehead atoms. The second-order valence-electron chi connectivity index (χ2n) is 6.38. The van der Waals surface area contributed by atoms with Crippen molar-refractivity contribution in [1.82, 2.24) is 14.2 Å². The number of nitrogens with zero attached hydrogens (tertiary/aromatic N) is 3. The van der Waals surface area contributed by atoms with Gasteiger partial charge in [0.15, 0.2) is 0 Å². The summed E-state index contributed by atoms with van der Waals surface area (Å²) < 4.78 is 32.1. The lowest BCUT2D eigenvalue weighted by Crippen LogP contribution is -2.60. The molecule has 3 heterocycles. The third-order valence-corrected chi connectivity index (χ3v) is 7.67. The first-order valence-electron chi connectivity index (χ1n) is 7.68. The number of aromatic nitrogens is 1. The Balaban J connectivity index is 1.54. The number of rotatable bonds is 5. The van der Waals surface area contributed by atoms with E-state index in [2.05, 4.69) is 4.98 Å². The largest absolute Gasteiger partial charge is 0.367 e. The van der Waals surface area contributed by atoms with Crippen LogP contribution in [0.25, 0.3) is 0 Å². The lowest BCUT2D eigenvalue weighted by molar-refractivity contribution is -0.135. The predicted octanol–water partition coefficient (Wildman–Crippen LogP) is 0.435. The Bertz CT molecular complexity index is 703. The average Bonchev–Trinajstić information content (AvgIpc) is 2.96. The minimum absolute atomic E-state index is 0.00199. The van der Waals surface area contributed by atoms with Crippen molar-refractivity contribution in [2.24, 2.45) is 0 Å². The van der Waals surface area contributed by atoms with Crippen LogP contribution in [0, 0.1) is 0 Å². The number of carbonyl (C=O) groups is 1. The van der Waals surface area contributed by atoms with Crippen LogP contribution in [0.4, 0.5) is 0 Å². The van der Waals surface area contributed by atoms with Gasteiger partial charge in [0.1, 0.15) is 11.5 Å². The van der Waals surface area contributed by atoms with Gasteiger partial charge in [-0.05, 0) is 18.6 Å². The highest BCUT2D eigenvalue weighted by atomic mass is 32.2. The van der Waals surface area contributed by atoms with Gasteiger partial charge in [0.25, 0.3) is 0 Å².